The van der Waals surface area contributed by atoms with Crippen molar-refractivity contribution in [1.82, 2.24) is 0 Å². The van der Waals surface area contributed by atoms with E-state index in [-0.39, 0.29) is 11.3 Å². The lowest BCUT2D eigenvalue weighted by Gasteiger charge is -2.08. The molecule has 0 aliphatic carbocycles. The van der Waals surface area contributed by atoms with E-state index >= 15 is 0 Å². The number of benzene rings is 1. The molecule has 16 heavy (non-hydrogen) atoms. The average molecular weight is 248 g/mol. The summed E-state index contributed by atoms with van der Waals surface area (Å²) >= 11 is 0. The Morgan fingerprint density at radius 2 is 2.12 bits per heavy atom. The Labute approximate surface area is 91.4 Å². The van der Waals surface area contributed by atoms with Gasteiger partial charge in [-0.25, -0.2) is 14.3 Å². The molecule has 88 valence electrons. The van der Waals surface area contributed by atoms with Crippen molar-refractivity contribution >= 4 is 21.9 Å². The zero-order valence-electron chi connectivity index (χ0n) is 8.23. The number of halogens is 1. The molecule has 0 aliphatic heterocycles. The van der Waals surface area contributed by atoms with Crippen LogP contribution in [0.4, 0.5) is 10.1 Å². The number of esters is 1. The topological polar surface area (TPSA) is 98.5 Å². The predicted octanol–water partition coefficient (Wildman–Crippen LogP) is 0.228. The maximum absolute atomic E-state index is 12.9. The minimum Gasteiger partial charge on any atom is -0.465 e. The fraction of sp³-hybridized carbons (Fsp3) is 0.125. The summed E-state index contributed by atoms with van der Waals surface area (Å²) in [6.07, 6.45) is 0. The summed E-state index contributed by atoms with van der Waals surface area (Å²) in [7, 11) is -2.97. The maximum atomic E-state index is 12.9. The second-order valence-corrected chi connectivity index (χ2v) is 4.12. The molecule has 0 heterocycles. The highest BCUT2D eigenvalue weighted by Crippen LogP contribution is 2.18. The normalized spacial score (nSPS) is 10.9. The third kappa shape index (κ3) is 3.17. The Kier molecular flexibility index (Phi) is 3.45. The molecule has 0 radical (unpaired) electrons. The lowest BCUT2D eigenvalue weighted by atomic mass is 10.2. The van der Waals surface area contributed by atoms with E-state index in [1.165, 1.54) is 0 Å². The number of carbonyl (C=O) groups excluding carboxylic acids is 1. The average Bonchev–Trinajstić information content (AvgIpc) is 2.14. The van der Waals surface area contributed by atoms with E-state index in [1.54, 1.807) is 0 Å². The number of rotatable bonds is 3. The summed E-state index contributed by atoms with van der Waals surface area (Å²) in [4.78, 5) is 11.2. The highest BCUT2D eigenvalue weighted by Gasteiger charge is 2.15. The van der Waals surface area contributed by atoms with Crippen LogP contribution in [0.1, 0.15) is 10.4 Å². The summed E-state index contributed by atoms with van der Waals surface area (Å²) in [6, 6.07) is 2.92. The van der Waals surface area contributed by atoms with E-state index in [9.17, 15) is 17.6 Å². The Bertz CT molecular complexity index is 515. The van der Waals surface area contributed by atoms with E-state index in [0.29, 0.717) is 0 Å². The van der Waals surface area contributed by atoms with E-state index < -0.39 is 22.0 Å². The van der Waals surface area contributed by atoms with Crippen LogP contribution in [-0.2, 0) is 14.9 Å². The van der Waals surface area contributed by atoms with Gasteiger partial charge in [-0.3, -0.25) is 4.72 Å². The summed E-state index contributed by atoms with van der Waals surface area (Å²) in [5, 5.41) is 4.71. The van der Waals surface area contributed by atoms with Gasteiger partial charge in [0.15, 0.2) is 0 Å². The van der Waals surface area contributed by atoms with E-state index in [1.807, 2.05) is 4.72 Å². The van der Waals surface area contributed by atoms with Gasteiger partial charge >= 0.3 is 5.97 Å². The van der Waals surface area contributed by atoms with Crippen molar-refractivity contribution in [3.8, 4) is 0 Å². The second kappa shape index (κ2) is 4.45. The molecular weight excluding hydrogens is 239 g/mol. The number of ether oxygens (including phenoxy) is 1. The van der Waals surface area contributed by atoms with Gasteiger partial charge in [0.1, 0.15) is 5.82 Å². The van der Waals surface area contributed by atoms with Gasteiger partial charge < -0.3 is 4.74 Å². The summed E-state index contributed by atoms with van der Waals surface area (Å²) < 4.78 is 40.6. The van der Waals surface area contributed by atoms with Crippen molar-refractivity contribution in [2.75, 3.05) is 11.8 Å². The lowest BCUT2D eigenvalue weighted by Crippen LogP contribution is -2.23. The lowest BCUT2D eigenvalue weighted by molar-refractivity contribution is 0.0602. The van der Waals surface area contributed by atoms with Crippen LogP contribution in [-0.4, -0.2) is 21.5 Å². The van der Waals surface area contributed by atoms with Crippen molar-refractivity contribution in [1.29, 1.82) is 0 Å². The summed E-state index contributed by atoms with van der Waals surface area (Å²) in [5.74, 6) is -1.51. The summed E-state index contributed by atoms with van der Waals surface area (Å²) in [5.41, 5.74) is -0.396. The minimum absolute atomic E-state index is 0.127. The Balaban J connectivity index is 3.23. The smallest absolute Gasteiger partial charge is 0.339 e. The van der Waals surface area contributed by atoms with Gasteiger partial charge in [-0.05, 0) is 18.2 Å². The highest BCUT2D eigenvalue weighted by molar-refractivity contribution is 7.90. The monoisotopic (exact) mass is 248 g/mol. The molecule has 0 aromatic heterocycles. The zero-order valence-corrected chi connectivity index (χ0v) is 9.05. The molecule has 1 aromatic carbocycles. The van der Waals surface area contributed by atoms with Crippen molar-refractivity contribution in [2.45, 2.75) is 0 Å². The standard InChI is InChI=1S/C8H9FN2O4S/c1-15-8(12)6-3-2-5(9)4-7(6)11-16(10,13)14/h2-4,11H,1H3,(H2,10,13,14). The molecule has 0 atom stereocenters. The quantitative estimate of drug-likeness (QED) is 0.748. The van der Waals surface area contributed by atoms with Crippen LogP contribution in [0.25, 0.3) is 0 Å². The number of methoxy groups -OCH3 is 1. The fourth-order valence-corrected chi connectivity index (χ4v) is 1.52. The Hall–Kier alpha value is -1.67. The zero-order chi connectivity index (χ0) is 12.3. The van der Waals surface area contributed by atoms with Gasteiger partial charge in [0.2, 0.25) is 0 Å². The largest absolute Gasteiger partial charge is 0.465 e. The first-order valence-electron chi connectivity index (χ1n) is 4.02. The predicted molar refractivity (Wildman–Crippen MR) is 54.5 cm³/mol. The van der Waals surface area contributed by atoms with Gasteiger partial charge in [-0.1, -0.05) is 0 Å². The summed E-state index contributed by atoms with van der Waals surface area (Å²) in [6.45, 7) is 0. The van der Waals surface area contributed by atoms with Crippen LogP contribution < -0.4 is 9.86 Å². The molecule has 0 bridgehead atoms. The molecule has 0 fully saturated rings. The van der Waals surface area contributed by atoms with Crippen molar-refractivity contribution in [3.63, 3.8) is 0 Å². The number of hydrogen-bond acceptors (Lipinski definition) is 4. The minimum atomic E-state index is -4.08. The van der Waals surface area contributed by atoms with Crippen LogP contribution in [0.2, 0.25) is 0 Å². The van der Waals surface area contributed by atoms with E-state index in [2.05, 4.69) is 4.74 Å². The number of carbonyl (C=O) groups is 1. The molecule has 0 unspecified atom stereocenters. The first-order chi connectivity index (χ1) is 7.33. The third-order valence-electron chi connectivity index (χ3n) is 1.64. The number of anilines is 1. The van der Waals surface area contributed by atoms with Crippen molar-refractivity contribution in [2.24, 2.45) is 5.14 Å². The van der Waals surface area contributed by atoms with Gasteiger partial charge in [-0.2, -0.15) is 8.42 Å². The SMILES string of the molecule is COC(=O)c1ccc(F)cc1NS(N)(=O)=O. The molecule has 0 spiro atoms. The van der Waals surface area contributed by atoms with Crippen LogP contribution in [0.5, 0.6) is 0 Å². The van der Waals surface area contributed by atoms with E-state index in [4.69, 9.17) is 5.14 Å². The first-order valence-corrected chi connectivity index (χ1v) is 5.56. The molecular formula is C8H9FN2O4S. The molecule has 1 rings (SSSR count). The van der Waals surface area contributed by atoms with Crippen LogP contribution in [0.3, 0.4) is 0 Å². The Morgan fingerprint density at radius 3 is 2.62 bits per heavy atom. The number of hydrogen-bond donors (Lipinski definition) is 2. The molecule has 0 saturated carbocycles. The third-order valence-corrected chi connectivity index (χ3v) is 2.14. The Morgan fingerprint density at radius 1 is 1.50 bits per heavy atom. The molecule has 1 aromatic rings. The molecule has 0 aliphatic rings. The van der Waals surface area contributed by atoms with Crippen molar-refractivity contribution in [3.05, 3.63) is 29.6 Å². The fourth-order valence-electron chi connectivity index (χ4n) is 1.04. The number of nitrogens with two attached hydrogens (primary N) is 1. The molecule has 0 saturated heterocycles. The van der Waals surface area contributed by atoms with E-state index in [0.717, 1.165) is 25.3 Å². The molecule has 6 nitrogen and oxygen atoms in total. The van der Waals surface area contributed by atoms with Crippen LogP contribution in [0, 0.1) is 5.82 Å². The van der Waals surface area contributed by atoms with Crippen LogP contribution >= 0.6 is 0 Å². The van der Waals surface area contributed by atoms with Crippen molar-refractivity contribution < 1.29 is 22.3 Å². The second-order valence-electron chi connectivity index (χ2n) is 2.83. The van der Waals surface area contributed by atoms with Gasteiger partial charge in [-0.15, -0.1) is 0 Å². The molecule has 0 amide bonds. The highest BCUT2D eigenvalue weighted by atomic mass is 32.2. The van der Waals surface area contributed by atoms with Crippen LogP contribution in [0.15, 0.2) is 18.2 Å². The maximum Gasteiger partial charge on any atom is 0.339 e. The molecule has 8 heteroatoms. The molecule has 3 N–H and O–H groups in total. The van der Waals surface area contributed by atoms with Gasteiger partial charge in [0.05, 0.1) is 18.4 Å². The number of nitrogens with one attached hydrogen (secondary N) is 1. The first kappa shape index (κ1) is 12.4. The van der Waals surface area contributed by atoms with Gasteiger partial charge in [0.25, 0.3) is 10.2 Å². The van der Waals surface area contributed by atoms with Gasteiger partial charge in [0, 0.05) is 0 Å².